The predicted octanol–water partition coefficient (Wildman–Crippen LogP) is 1.79. The van der Waals surface area contributed by atoms with Gasteiger partial charge in [0.1, 0.15) is 4.83 Å². The highest BCUT2D eigenvalue weighted by molar-refractivity contribution is 7.12. The van der Waals surface area contributed by atoms with E-state index in [9.17, 15) is 9.59 Å². The van der Waals surface area contributed by atoms with Crippen LogP contribution in [0.3, 0.4) is 0 Å². The van der Waals surface area contributed by atoms with Crippen LogP contribution in [0.4, 0.5) is 0 Å². The zero-order valence-corrected chi connectivity index (χ0v) is 14.8. The Morgan fingerprint density at radius 1 is 1.44 bits per heavy atom. The summed E-state index contributed by atoms with van der Waals surface area (Å²) < 4.78 is 14.9. The van der Waals surface area contributed by atoms with Crippen molar-refractivity contribution < 1.29 is 19.1 Å². The molecule has 1 aliphatic carbocycles. The fourth-order valence-electron chi connectivity index (χ4n) is 3.15. The van der Waals surface area contributed by atoms with Crippen LogP contribution in [0.15, 0.2) is 12.3 Å². The van der Waals surface area contributed by atoms with Crippen molar-refractivity contribution in [3.05, 3.63) is 23.5 Å². The number of aryl methyl sites for hydroxylation is 1. The molecule has 2 fully saturated rings. The molecular weight excluding hydrogens is 342 g/mol. The number of morpholine rings is 1. The second kappa shape index (κ2) is 6.68. The van der Waals surface area contributed by atoms with Gasteiger partial charge in [-0.3, -0.25) is 4.79 Å². The fourth-order valence-corrected chi connectivity index (χ4v) is 3.88. The number of rotatable bonds is 4. The van der Waals surface area contributed by atoms with E-state index >= 15 is 0 Å². The standard InChI is InChI=1S/C17H19N3O4S/c1-10-13-6-12(7-18-16(13)25-19-10)17(22)24-9-15(21)20-4-5-23-8-14(20)11-2-3-11/h6-7,11,14H,2-5,8-9H2,1H3. The smallest absolute Gasteiger partial charge is 0.340 e. The molecule has 132 valence electrons. The summed E-state index contributed by atoms with van der Waals surface area (Å²) in [5, 5.41) is 0.841. The maximum Gasteiger partial charge on any atom is 0.340 e. The van der Waals surface area contributed by atoms with Crippen LogP contribution in [-0.2, 0) is 14.3 Å². The minimum absolute atomic E-state index is 0.123. The van der Waals surface area contributed by atoms with Gasteiger partial charge in [0.25, 0.3) is 5.91 Å². The minimum Gasteiger partial charge on any atom is -0.452 e. The number of pyridine rings is 1. The highest BCUT2D eigenvalue weighted by Gasteiger charge is 2.39. The molecule has 0 radical (unpaired) electrons. The topological polar surface area (TPSA) is 81.6 Å². The summed E-state index contributed by atoms with van der Waals surface area (Å²) in [7, 11) is 0. The van der Waals surface area contributed by atoms with Gasteiger partial charge in [-0.15, -0.1) is 0 Å². The van der Waals surface area contributed by atoms with Gasteiger partial charge in [0.05, 0.1) is 30.5 Å². The molecule has 4 rings (SSSR count). The van der Waals surface area contributed by atoms with E-state index in [0.717, 1.165) is 28.8 Å². The number of fused-ring (bicyclic) bond motifs is 1. The fraction of sp³-hybridized carbons (Fsp3) is 0.529. The van der Waals surface area contributed by atoms with Gasteiger partial charge in [-0.1, -0.05) is 0 Å². The molecule has 1 unspecified atom stereocenters. The van der Waals surface area contributed by atoms with E-state index < -0.39 is 5.97 Å². The normalized spacial score (nSPS) is 20.7. The number of ether oxygens (including phenoxy) is 2. The van der Waals surface area contributed by atoms with Gasteiger partial charge in [-0.25, -0.2) is 9.78 Å². The first-order valence-electron chi connectivity index (χ1n) is 8.40. The number of hydrogen-bond acceptors (Lipinski definition) is 7. The van der Waals surface area contributed by atoms with E-state index in [-0.39, 0.29) is 18.6 Å². The van der Waals surface area contributed by atoms with Crippen molar-refractivity contribution in [1.82, 2.24) is 14.3 Å². The summed E-state index contributed by atoms with van der Waals surface area (Å²) in [5.41, 5.74) is 1.17. The van der Waals surface area contributed by atoms with Crippen molar-refractivity contribution in [3.8, 4) is 0 Å². The Balaban J connectivity index is 1.40. The number of carbonyl (C=O) groups is 2. The van der Waals surface area contributed by atoms with E-state index in [0.29, 0.717) is 31.2 Å². The van der Waals surface area contributed by atoms with E-state index in [1.54, 1.807) is 6.07 Å². The minimum atomic E-state index is -0.537. The van der Waals surface area contributed by atoms with E-state index in [2.05, 4.69) is 9.36 Å². The third kappa shape index (κ3) is 3.36. The Hall–Kier alpha value is -2.06. The Bertz CT molecular complexity index is 817. The van der Waals surface area contributed by atoms with Crippen LogP contribution in [-0.4, -0.2) is 58.5 Å². The third-order valence-electron chi connectivity index (χ3n) is 4.72. The Labute approximate surface area is 149 Å². The molecule has 0 N–H and O–H groups in total. The van der Waals surface area contributed by atoms with Crippen molar-refractivity contribution in [2.24, 2.45) is 5.92 Å². The van der Waals surface area contributed by atoms with Gasteiger partial charge in [-0.2, -0.15) is 4.37 Å². The van der Waals surface area contributed by atoms with Gasteiger partial charge >= 0.3 is 5.97 Å². The van der Waals surface area contributed by atoms with Crippen LogP contribution < -0.4 is 0 Å². The van der Waals surface area contributed by atoms with Crippen LogP contribution in [0.1, 0.15) is 28.9 Å². The zero-order valence-electron chi connectivity index (χ0n) is 13.9. The molecule has 3 heterocycles. The molecule has 1 aliphatic heterocycles. The van der Waals surface area contributed by atoms with Gasteiger partial charge in [0.15, 0.2) is 6.61 Å². The number of nitrogens with zero attached hydrogens (tertiary/aromatic N) is 3. The van der Waals surface area contributed by atoms with Crippen LogP contribution in [0.5, 0.6) is 0 Å². The van der Waals surface area contributed by atoms with Gasteiger partial charge < -0.3 is 14.4 Å². The monoisotopic (exact) mass is 361 g/mol. The van der Waals surface area contributed by atoms with Gasteiger partial charge in [0, 0.05) is 18.1 Å². The quantitative estimate of drug-likeness (QED) is 0.773. The van der Waals surface area contributed by atoms with Crippen LogP contribution >= 0.6 is 11.5 Å². The molecule has 8 heteroatoms. The van der Waals surface area contributed by atoms with Gasteiger partial charge in [-0.05, 0) is 43.3 Å². The molecule has 2 aromatic heterocycles. The molecule has 0 bridgehead atoms. The lowest BCUT2D eigenvalue weighted by Gasteiger charge is -2.35. The second-order valence-electron chi connectivity index (χ2n) is 6.49. The summed E-state index contributed by atoms with van der Waals surface area (Å²) in [6.45, 7) is 3.30. The average Bonchev–Trinajstić information content (AvgIpc) is 3.43. The van der Waals surface area contributed by atoms with Crippen molar-refractivity contribution in [2.45, 2.75) is 25.8 Å². The second-order valence-corrected chi connectivity index (χ2v) is 7.24. The molecule has 25 heavy (non-hydrogen) atoms. The molecule has 1 amide bonds. The van der Waals surface area contributed by atoms with E-state index in [1.807, 2.05) is 11.8 Å². The SMILES string of the molecule is Cc1nsc2ncc(C(=O)OCC(=O)N3CCOCC3C3CC3)cc12. The average molecular weight is 361 g/mol. The lowest BCUT2D eigenvalue weighted by molar-refractivity contribution is -0.144. The summed E-state index contributed by atoms with van der Waals surface area (Å²) in [5.74, 6) is -0.166. The third-order valence-corrected chi connectivity index (χ3v) is 5.59. The van der Waals surface area contributed by atoms with Crippen molar-refractivity contribution in [3.63, 3.8) is 0 Å². The van der Waals surface area contributed by atoms with E-state index in [1.165, 1.54) is 17.7 Å². The molecule has 1 saturated carbocycles. The Morgan fingerprint density at radius 2 is 2.28 bits per heavy atom. The zero-order chi connectivity index (χ0) is 17.4. The maximum absolute atomic E-state index is 12.5. The number of carbonyl (C=O) groups excluding carboxylic acids is 2. The molecule has 2 aromatic rings. The lowest BCUT2D eigenvalue weighted by atomic mass is 10.1. The summed E-state index contributed by atoms with van der Waals surface area (Å²) in [4.78, 5) is 31.6. The summed E-state index contributed by atoms with van der Waals surface area (Å²) >= 11 is 1.29. The first-order chi connectivity index (χ1) is 12.1. The Morgan fingerprint density at radius 3 is 3.08 bits per heavy atom. The lowest BCUT2D eigenvalue weighted by Crippen LogP contribution is -2.51. The Kier molecular flexibility index (Phi) is 4.39. The van der Waals surface area contributed by atoms with Crippen molar-refractivity contribution in [1.29, 1.82) is 0 Å². The first kappa shape index (κ1) is 16.4. The van der Waals surface area contributed by atoms with Crippen LogP contribution in [0.25, 0.3) is 10.2 Å². The molecule has 2 aliphatic rings. The summed E-state index contributed by atoms with van der Waals surface area (Å²) in [6, 6.07) is 1.84. The molecule has 7 nitrogen and oxygen atoms in total. The maximum atomic E-state index is 12.5. The molecule has 1 saturated heterocycles. The van der Waals surface area contributed by atoms with Crippen molar-refractivity contribution >= 4 is 33.6 Å². The largest absolute Gasteiger partial charge is 0.452 e. The number of hydrogen-bond donors (Lipinski definition) is 0. The number of aromatic nitrogens is 2. The molecular formula is C17H19N3O4S. The molecule has 1 atom stereocenters. The predicted molar refractivity (Wildman–Crippen MR) is 91.5 cm³/mol. The molecule has 0 aromatic carbocycles. The highest BCUT2D eigenvalue weighted by Crippen LogP contribution is 2.36. The van der Waals surface area contributed by atoms with Crippen molar-refractivity contribution in [2.75, 3.05) is 26.4 Å². The van der Waals surface area contributed by atoms with Crippen LogP contribution in [0.2, 0.25) is 0 Å². The highest BCUT2D eigenvalue weighted by atomic mass is 32.1. The number of esters is 1. The van der Waals surface area contributed by atoms with E-state index in [4.69, 9.17) is 9.47 Å². The van der Waals surface area contributed by atoms with Crippen LogP contribution in [0, 0.1) is 12.8 Å². The first-order valence-corrected chi connectivity index (χ1v) is 9.17. The number of amides is 1. The molecule has 0 spiro atoms. The van der Waals surface area contributed by atoms with Gasteiger partial charge in [0.2, 0.25) is 0 Å². The summed E-state index contributed by atoms with van der Waals surface area (Å²) in [6.07, 6.45) is 3.74.